The second-order valence-corrected chi connectivity index (χ2v) is 8.89. The molecule has 0 aromatic carbocycles. The zero-order valence-corrected chi connectivity index (χ0v) is 15.0. The topological polar surface area (TPSA) is 125 Å². The number of nitrogens with zero attached hydrogens (tertiary/aromatic N) is 4. The molecule has 0 spiro atoms. The van der Waals surface area contributed by atoms with Crippen molar-refractivity contribution in [3.05, 3.63) is 27.2 Å². The highest BCUT2D eigenvalue weighted by atomic mass is 32.2. The van der Waals surface area contributed by atoms with Gasteiger partial charge in [-0.05, 0) is 13.3 Å². The van der Waals surface area contributed by atoms with Gasteiger partial charge in [-0.3, -0.25) is 18.7 Å². The third-order valence-corrected chi connectivity index (χ3v) is 6.38. The van der Waals surface area contributed by atoms with Crippen LogP contribution in [0, 0.1) is 0 Å². The molecule has 3 heterocycles. The fraction of sp³-hybridized carbons (Fsp3) is 0.571. The maximum absolute atomic E-state index is 12.3. The molecule has 1 saturated heterocycles. The van der Waals surface area contributed by atoms with Crippen molar-refractivity contribution in [1.82, 2.24) is 24.0 Å². The van der Waals surface area contributed by atoms with Crippen LogP contribution in [0.2, 0.25) is 0 Å². The molecule has 1 aliphatic heterocycles. The van der Waals surface area contributed by atoms with E-state index in [-0.39, 0.29) is 29.2 Å². The number of rotatable bonds is 3. The summed E-state index contributed by atoms with van der Waals surface area (Å²) in [7, 11) is -0.299. The molecule has 1 aliphatic rings. The number of nitrogens with one attached hydrogen (secondary N) is 1. The van der Waals surface area contributed by atoms with E-state index >= 15 is 0 Å². The molecule has 1 atom stereocenters. The summed E-state index contributed by atoms with van der Waals surface area (Å²) in [5, 5.41) is 2.73. The molecule has 0 bridgehead atoms. The average Bonchev–Trinajstić information content (AvgIpc) is 3.03. The first kappa shape index (κ1) is 17.4. The molecule has 1 amide bonds. The molecule has 0 aliphatic carbocycles. The van der Waals surface area contributed by atoms with Gasteiger partial charge in [-0.2, -0.15) is 0 Å². The zero-order chi connectivity index (χ0) is 18.6. The highest BCUT2D eigenvalue weighted by Gasteiger charge is 2.39. The average molecular weight is 369 g/mol. The molecular formula is C14H19N5O5S. The number of fused-ring (bicyclic) bond motifs is 1. The van der Waals surface area contributed by atoms with Crippen LogP contribution < -0.4 is 16.6 Å². The smallest absolute Gasteiger partial charge is 0.332 e. The Kier molecular flexibility index (Phi) is 3.86. The van der Waals surface area contributed by atoms with Gasteiger partial charge in [-0.1, -0.05) is 0 Å². The molecule has 0 saturated carbocycles. The first-order valence-electron chi connectivity index (χ1n) is 7.65. The number of aromatic nitrogens is 4. The SMILES string of the molecule is Cn1c(=O)c2c(ncn2CC(=O)N[C@]2(C)CCS(=O)(=O)C2)n(C)c1=O. The quantitative estimate of drug-likeness (QED) is 0.675. The lowest BCUT2D eigenvalue weighted by Crippen LogP contribution is -2.48. The van der Waals surface area contributed by atoms with E-state index in [1.54, 1.807) is 6.92 Å². The van der Waals surface area contributed by atoms with Crippen molar-refractivity contribution in [2.24, 2.45) is 14.1 Å². The third-order valence-electron chi connectivity index (χ3n) is 4.48. The molecular weight excluding hydrogens is 350 g/mol. The predicted octanol–water partition coefficient (Wildman–Crippen LogP) is -1.87. The zero-order valence-electron chi connectivity index (χ0n) is 14.1. The number of sulfone groups is 1. The standard InChI is InChI=1S/C14H19N5O5S/c1-14(4-5-25(23,24)7-14)16-9(20)6-19-8-15-11-10(19)12(21)18(3)13(22)17(11)2/h8H,4-7H2,1-3H3,(H,16,20)/t14-/m1/s1. The van der Waals surface area contributed by atoms with Crippen molar-refractivity contribution in [1.29, 1.82) is 0 Å². The van der Waals surface area contributed by atoms with Gasteiger partial charge in [0.15, 0.2) is 21.0 Å². The summed E-state index contributed by atoms with van der Waals surface area (Å²) in [4.78, 5) is 40.6. The summed E-state index contributed by atoms with van der Waals surface area (Å²) in [6.07, 6.45) is 1.67. The number of carbonyl (C=O) groups is 1. The van der Waals surface area contributed by atoms with Gasteiger partial charge in [0.25, 0.3) is 5.56 Å². The van der Waals surface area contributed by atoms with E-state index in [1.165, 1.54) is 29.6 Å². The van der Waals surface area contributed by atoms with E-state index in [1.807, 2.05) is 0 Å². The number of imidazole rings is 1. The molecule has 1 fully saturated rings. The number of amides is 1. The van der Waals surface area contributed by atoms with Gasteiger partial charge >= 0.3 is 5.69 Å². The monoisotopic (exact) mass is 369 g/mol. The molecule has 2 aromatic rings. The van der Waals surface area contributed by atoms with E-state index in [9.17, 15) is 22.8 Å². The number of carbonyl (C=O) groups excluding carboxylic acids is 1. The Balaban J connectivity index is 1.91. The minimum Gasteiger partial charge on any atom is -0.348 e. The first-order chi connectivity index (χ1) is 11.5. The van der Waals surface area contributed by atoms with Crippen LogP contribution in [0.3, 0.4) is 0 Å². The van der Waals surface area contributed by atoms with Crippen molar-refractivity contribution < 1.29 is 13.2 Å². The molecule has 0 unspecified atom stereocenters. The fourth-order valence-corrected chi connectivity index (χ4v) is 5.25. The Hall–Kier alpha value is -2.43. The van der Waals surface area contributed by atoms with Crippen molar-refractivity contribution in [3.63, 3.8) is 0 Å². The van der Waals surface area contributed by atoms with Crippen molar-refractivity contribution >= 4 is 26.9 Å². The van der Waals surface area contributed by atoms with Crippen LogP contribution in [0.4, 0.5) is 0 Å². The maximum Gasteiger partial charge on any atom is 0.332 e. The normalized spacial score (nSPS) is 22.4. The van der Waals surface area contributed by atoms with Crippen LogP contribution in [-0.2, 0) is 35.3 Å². The third kappa shape index (κ3) is 2.99. The van der Waals surface area contributed by atoms with E-state index in [2.05, 4.69) is 10.3 Å². The molecule has 2 aromatic heterocycles. The van der Waals surface area contributed by atoms with Crippen LogP contribution in [0.25, 0.3) is 11.2 Å². The lowest BCUT2D eigenvalue weighted by Gasteiger charge is -2.24. The summed E-state index contributed by atoms with van der Waals surface area (Å²) in [5.41, 5.74) is -1.53. The molecule has 0 radical (unpaired) electrons. The molecule has 136 valence electrons. The van der Waals surface area contributed by atoms with E-state index in [4.69, 9.17) is 0 Å². The summed E-state index contributed by atoms with van der Waals surface area (Å²) in [5.74, 6) is -0.484. The highest BCUT2D eigenvalue weighted by molar-refractivity contribution is 7.91. The molecule has 10 nitrogen and oxygen atoms in total. The Morgan fingerprint density at radius 3 is 2.60 bits per heavy atom. The Bertz CT molecular complexity index is 1090. The number of hydrogen-bond acceptors (Lipinski definition) is 6. The van der Waals surface area contributed by atoms with Crippen LogP contribution in [-0.4, -0.2) is 50.1 Å². The molecule has 11 heteroatoms. The predicted molar refractivity (Wildman–Crippen MR) is 90.0 cm³/mol. The van der Waals surface area contributed by atoms with Gasteiger partial charge < -0.3 is 9.88 Å². The summed E-state index contributed by atoms with van der Waals surface area (Å²) in [6, 6.07) is 0. The number of aryl methyl sites for hydroxylation is 1. The second kappa shape index (κ2) is 5.55. The maximum atomic E-state index is 12.3. The largest absolute Gasteiger partial charge is 0.348 e. The second-order valence-electron chi connectivity index (χ2n) is 6.70. The first-order valence-corrected chi connectivity index (χ1v) is 9.47. The van der Waals surface area contributed by atoms with Crippen LogP contribution in [0.15, 0.2) is 15.9 Å². The molecule has 1 N–H and O–H groups in total. The van der Waals surface area contributed by atoms with Gasteiger partial charge in [0.05, 0.1) is 23.4 Å². The summed E-state index contributed by atoms with van der Waals surface area (Å²) >= 11 is 0. The number of hydrogen-bond donors (Lipinski definition) is 1. The Morgan fingerprint density at radius 1 is 1.32 bits per heavy atom. The van der Waals surface area contributed by atoms with Gasteiger partial charge in [0, 0.05) is 14.1 Å². The highest BCUT2D eigenvalue weighted by Crippen LogP contribution is 2.22. The van der Waals surface area contributed by atoms with Crippen molar-refractivity contribution in [3.8, 4) is 0 Å². The van der Waals surface area contributed by atoms with Gasteiger partial charge in [-0.15, -0.1) is 0 Å². The van der Waals surface area contributed by atoms with Gasteiger partial charge in [0.2, 0.25) is 5.91 Å². The summed E-state index contributed by atoms with van der Waals surface area (Å²) in [6.45, 7) is 1.49. The van der Waals surface area contributed by atoms with E-state index in [0.717, 1.165) is 4.57 Å². The van der Waals surface area contributed by atoms with Gasteiger partial charge in [0.1, 0.15) is 6.54 Å². The lowest BCUT2D eigenvalue weighted by molar-refractivity contribution is -0.123. The fourth-order valence-electron chi connectivity index (χ4n) is 3.16. The summed E-state index contributed by atoms with van der Waals surface area (Å²) < 4.78 is 26.8. The molecule has 3 rings (SSSR count). The minimum absolute atomic E-state index is 0.0421. The lowest BCUT2D eigenvalue weighted by atomic mass is 10.0. The minimum atomic E-state index is -3.14. The Labute approximate surface area is 143 Å². The van der Waals surface area contributed by atoms with E-state index < -0.39 is 32.5 Å². The van der Waals surface area contributed by atoms with Crippen molar-refractivity contribution in [2.75, 3.05) is 11.5 Å². The van der Waals surface area contributed by atoms with Crippen LogP contribution in [0.5, 0.6) is 0 Å². The van der Waals surface area contributed by atoms with Crippen LogP contribution in [0.1, 0.15) is 13.3 Å². The Morgan fingerprint density at radius 2 is 2.00 bits per heavy atom. The van der Waals surface area contributed by atoms with Crippen LogP contribution >= 0.6 is 0 Å². The van der Waals surface area contributed by atoms with Crippen molar-refractivity contribution in [2.45, 2.75) is 25.4 Å². The molecule has 25 heavy (non-hydrogen) atoms. The van der Waals surface area contributed by atoms with Gasteiger partial charge in [-0.25, -0.2) is 18.2 Å². The van der Waals surface area contributed by atoms with E-state index in [0.29, 0.717) is 6.42 Å².